The maximum Gasteiger partial charge on any atom is 0.120 e. The van der Waals surface area contributed by atoms with Gasteiger partial charge in [-0.1, -0.05) is 0 Å². The number of nitrogens with one attached hydrogen (secondary N) is 2. The van der Waals surface area contributed by atoms with Crippen LogP contribution in [0.5, 0.6) is 0 Å². The number of aryl methyl sites for hydroxylation is 4. The molecule has 294 valence electrons. The van der Waals surface area contributed by atoms with Crippen molar-refractivity contribution in [2.75, 3.05) is 0 Å². The second-order valence-electron chi connectivity index (χ2n) is 14.5. The molecule has 2 N–H and O–H groups in total. The number of aromatic amines is 2. The fraction of sp³-hybridized carbons (Fsp3) is 0.455. The molecule has 0 fully saturated rings. The topological polar surface area (TPSA) is 194 Å². The Bertz CT molecular complexity index is 1800. The normalized spacial score (nSPS) is 17.6. The van der Waals surface area contributed by atoms with Gasteiger partial charge in [-0.25, -0.2) is 0 Å². The minimum absolute atomic E-state index is 0.216. The van der Waals surface area contributed by atoms with Crippen LogP contribution in [0.4, 0.5) is 0 Å². The van der Waals surface area contributed by atoms with E-state index in [0.29, 0.717) is 74.1 Å². The summed E-state index contributed by atoms with van der Waals surface area (Å²) < 4.78 is 0. The van der Waals surface area contributed by atoms with Crippen LogP contribution in [-0.4, -0.2) is 70.2 Å². The van der Waals surface area contributed by atoms with E-state index in [1.165, 1.54) is 0 Å². The zero-order valence-electron chi connectivity index (χ0n) is 31.7. The Hall–Kier alpha value is -5.52. The standard InChI is InChI=1S/C44H50N4O8/c49-17-1-9-29-30(10-2-18-50)38-26-40-33(13-5-21-53)34(14-6-22-54)42(47-40)28-44-36(16-8-24-56)35(15-7-23-55)43(48-44)27-41-32(12-4-20-52)31(11-3-19-51)39(46-41)25-37(29)45-38/h17-30,35-36,46-47H,1-16H2. The summed E-state index contributed by atoms with van der Waals surface area (Å²) in [6.45, 7) is 0. The van der Waals surface area contributed by atoms with Crippen LogP contribution in [0.15, 0.2) is 24.3 Å². The molecule has 0 amide bonds. The van der Waals surface area contributed by atoms with Gasteiger partial charge in [0.1, 0.15) is 50.3 Å². The summed E-state index contributed by atoms with van der Waals surface area (Å²) in [5, 5.41) is 0. The molecule has 2 aliphatic rings. The summed E-state index contributed by atoms with van der Waals surface area (Å²) in [6, 6.07) is 7.83. The summed E-state index contributed by atoms with van der Waals surface area (Å²) in [5.74, 6) is -0.865. The molecular formula is C44H50N4O8. The predicted octanol–water partition coefficient (Wildman–Crippen LogP) is 6.49. The highest BCUT2D eigenvalue weighted by Gasteiger charge is 2.34. The molecule has 0 radical (unpaired) electrons. The number of rotatable bonds is 24. The molecular weight excluding hydrogens is 713 g/mol. The van der Waals surface area contributed by atoms with E-state index in [-0.39, 0.29) is 75.0 Å². The van der Waals surface area contributed by atoms with Gasteiger partial charge in [-0.3, -0.25) is 9.97 Å². The Morgan fingerprint density at radius 1 is 0.357 bits per heavy atom. The second-order valence-corrected chi connectivity index (χ2v) is 14.5. The fourth-order valence-corrected chi connectivity index (χ4v) is 8.68. The van der Waals surface area contributed by atoms with Crippen LogP contribution in [0.2, 0.25) is 0 Å². The Morgan fingerprint density at radius 3 is 0.768 bits per heavy atom. The Morgan fingerprint density at radius 2 is 0.571 bits per heavy atom. The van der Waals surface area contributed by atoms with Crippen molar-refractivity contribution in [2.24, 2.45) is 0 Å². The number of carbonyl (C=O) groups is 8. The first kappa shape index (κ1) is 41.6. The molecule has 12 nitrogen and oxygen atoms in total. The largest absolute Gasteiger partial charge is 0.355 e. The second kappa shape index (κ2) is 21.0. The molecule has 8 bridgehead atoms. The smallest absolute Gasteiger partial charge is 0.120 e. The number of fused-ring (bicyclic) bond motifs is 8. The van der Waals surface area contributed by atoms with Gasteiger partial charge in [0.25, 0.3) is 0 Å². The number of H-pyrrole nitrogens is 2. The lowest BCUT2D eigenvalue weighted by Crippen LogP contribution is -2.07. The Kier molecular flexibility index (Phi) is 15.6. The molecule has 4 unspecified atom stereocenters. The van der Waals surface area contributed by atoms with Crippen molar-refractivity contribution in [2.45, 2.75) is 126 Å². The molecule has 3 aromatic heterocycles. The average molecular weight is 763 g/mol. The van der Waals surface area contributed by atoms with Crippen LogP contribution in [0.25, 0.3) is 22.1 Å². The molecule has 12 heteroatoms. The molecule has 0 spiro atoms. The van der Waals surface area contributed by atoms with Gasteiger partial charge in [0.05, 0.1) is 0 Å². The van der Waals surface area contributed by atoms with Crippen LogP contribution in [-0.2, 0) is 64.0 Å². The minimum Gasteiger partial charge on any atom is -0.355 e. The SMILES string of the molecule is O=CCCc1c(CCC=O)c2cc3nc(cc4[nH]c(cc5nc(cc1[nH]2)C(CCC=O)C5CCC=O)c(CCC=O)c4CCC=O)C(CCC=O)C3CCC=O. The van der Waals surface area contributed by atoms with E-state index in [0.717, 1.165) is 94.6 Å². The van der Waals surface area contributed by atoms with E-state index in [1.54, 1.807) is 0 Å². The fourth-order valence-electron chi connectivity index (χ4n) is 8.68. The van der Waals surface area contributed by atoms with Crippen molar-refractivity contribution in [1.82, 2.24) is 19.9 Å². The third kappa shape index (κ3) is 9.64. The molecule has 56 heavy (non-hydrogen) atoms. The van der Waals surface area contributed by atoms with Crippen molar-refractivity contribution >= 4 is 72.4 Å². The Labute approximate surface area is 325 Å². The molecule has 0 saturated carbocycles. The first-order valence-corrected chi connectivity index (χ1v) is 19.7. The molecule has 5 heterocycles. The third-order valence-electron chi connectivity index (χ3n) is 11.2. The number of aldehydes is 8. The zero-order valence-corrected chi connectivity index (χ0v) is 31.7. The van der Waals surface area contributed by atoms with Gasteiger partial charge < -0.3 is 48.3 Å². The lowest BCUT2D eigenvalue weighted by atomic mass is 9.83. The van der Waals surface area contributed by atoms with Gasteiger partial charge in [-0.15, -0.1) is 0 Å². The van der Waals surface area contributed by atoms with Crippen molar-refractivity contribution in [3.63, 3.8) is 0 Å². The average Bonchev–Trinajstić information content (AvgIpc) is 3.90. The number of carbonyl (C=O) groups excluding carboxylic acids is 8. The van der Waals surface area contributed by atoms with Gasteiger partial charge in [0.2, 0.25) is 0 Å². The van der Waals surface area contributed by atoms with Gasteiger partial charge >= 0.3 is 0 Å². The molecule has 0 aliphatic carbocycles. The van der Waals surface area contributed by atoms with E-state index in [2.05, 4.69) is 9.97 Å². The summed E-state index contributed by atoms with van der Waals surface area (Å²) in [5.41, 5.74) is 9.21. The quantitative estimate of drug-likeness (QED) is 0.0953. The van der Waals surface area contributed by atoms with Crippen LogP contribution < -0.4 is 0 Å². The molecule has 4 atom stereocenters. The highest BCUT2D eigenvalue weighted by molar-refractivity contribution is 5.76. The van der Waals surface area contributed by atoms with E-state index >= 15 is 0 Å². The molecule has 0 saturated heterocycles. The van der Waals surface area contributed by atoms with E-state index in [9.17, 15) is 38.4 Å². The van der Waals surface area contributed by atoms with Crippen molar-refractivity contribution in [3.05, 3.63) is 69.3 Å². The predicted molar refractivity (Wildman–Crippen MR) is 211 cm³/mol. The van der Waals surface area contributed by atoms with Crippen LogP contribution in [0, 0.1) is 0 Å². The zero-order chi connectivity index (χ0) is 39.9. The summed E-state index contributed by atoms with van der Waals surface area (Å²) >= 11 is 0. The minimum atomic E-state index is -0.216. The van der Waals surface area contributed by atoms with Crippen molar-refractivity contribution < 1.29 is 38.4 Å². The lowest BCUT2D eigenvalue weighted by Gasteiger charge is -2.18. The number of nitrogens with zero attached hydrogens (tertiary/aromatic N) is 2. The Balaban J connectivity index is 1.99. The van der Waals surface area contributed by atoms with Crippen molar-refractivity contribution in [1.29, 1.82) is 0 Å². The highest BCUT2D eigenvalue weighted by atomic mass is 16.1. The number of aromatic nitrogens is 4. The third-order valence-corrected chi connectivity index (χ3v) is 11.2. The molecule has 5 rings (SSSR count). The van der Waals surface area contributed by atoms with E-state index in [1.807, 2.05) is 24.3 Å². The van der Waals surface area contributed by atoms with E-state index < -0.39 is 0 Å². The number of hydrogen-bond donors (Lipinski definition) is 2. The van der Waals surface area contributed by atoms with Crippen LogP contribution in [0.3, 0.4) is 0 Å². The van der Waals surface area contributed by atoms with Gasteiger partial charge in [-0.05, 0) is 97.9 Å². The molecule has 2 aliphatic heterocycles. The van der Waals surface area contributed by atoms with Crippen molar-refractivity contribution in [3.8, 4) is 0 Å². The first-order chi connectivity index (χ1) is 27.5. The highest BCUT2D eigenvalue weighted by Crippen LogP contribution is 2.45. The van der Waals surface area contributed by atoms with Crippen LogP contribution >= 0.6 is 0 Å². The maximum absolute atomic E-state index is 11.8. The summed E-state index contributed by atoms with van der Waals surface area (Å²) in [7, 11) is 0. The summed E-state index contributed by atoms with van der Waals surface area (Å²) in [6.07, 6.45) is 12.6. The molecule has 3 aromatic rings. The first-order valence-electron chi connectivity index (χ1n) is 19.7. The lowest BCUT2D eigenvalue weighted by molar-refractivity contribution is -0.109. The van der Waals surface area contributed by atoms with Gasteiger partial charge in [0, 0.05) is 120 Å². The van der Waals surface area contributed by atoms with Gasteiger partial charge in [-0.2, -0.15) is 0 Å². The van der Waals surface area contributed by atoms with Crippen LogP contribution in [0.1, 0.15) is 146 Å². The van der Waals surface area contributed by atoms with Gasteiger partial charge in [0.15, 0.2) is 0 Å². The monoisotopic (exact) mass is 762 g/mol. The molecule has 0 aromatic carbocycles. The number of hydrogen-bond acceptors (Lipinski definition) is 10. The van der Waals surface area contributed by atoms with E-state index in [4.69, 9.17) is 9.97 Å². The summed E-state index contributed by atoms with van der Waals surface area (Å²) in [4.78, 5) is 112. The maximum atomic E-state index is 11.8.